The van der Waals surface area contributed by atoms with Crippen LogP contribution in [0.25, 0.3) is 10.2 Å². The maximum Gasteiger partial charge on any atom is 0.274 e. The largest absolute Gasteiger partial charge is 0.467 e. The van der Waals surface area contributed by atoms with Gasteiger partial charge in [-0.3, -0.25) is 4.79 Å². The molecule has 0 bridgehead atoms. The molecular formula is C23H26ClN3O4S2. The minimum absolute atomic E-state index is 0.0209. The average molecular weight is 508 g/mol. The third kappa shape index (κ3) is 5.01. The number of nitrogens with zero attached hydrogens (tertiary/aromatic N) is 3. The topological polar surface area (TPSA) is 79.8 Å². The van der Waals surface area contributed by atoms with E-state index in [9.17, 15) is 13.2 Å². The molecule has 3 aromatic rings. The Morgan fingerprint density at radius 2 is 1.85 bits per heavy atom. The second kappa shape index (κ2) is 9.58. The third-order valence-corrected chi connectivity index (χ3v) is 9.12. The van der Waals surface area contributed by atoms with Crippen LogP contribution in [0, 0.1) is 0 Å². The Hall–Kier alpha value is -2.20. The Balaban J connectivity index is 1.36. The quantitative estimate of drug-likeness (QED) is 0.484. The van der Waals surface area contributed by atoms with E-state index in [2.05, 4.69) is 4.98 Å². The minimum atomic E-state index is -3.58. The van der Waals surface area contributed by atoms with Crippen molar-refractivity contribution in [2.24, 2.45) is 0 Å². The van der Waals surface area contributed by atoms with Crippen molar-refractivity contribution in [3.05, 3.63) is 53.1 Å². The van der Waals surface area contributed by atoms with Gasteiger partial charge in [-0.25, -0.2) is 13.4 Å². The Kier molecular flexibility index (Phi) is 6.95. The van der Waals surface area contributed by atoms with Gasteiger partial charge in [0, 0.05) is 44.6 Å². The fourth-order valence-electron chi connectivity index (χ4n) is 3.66. The Morgan fingerprint density at radius 3 is 2.45 bits per heavy atom. The van der Waals surface area contributed by atoms with E-state index in [0.717, 1.165) is 10.2 Å². The van der Waals surface area contributed by atoms with E-state index in [1.807, 2.05) is 32.0 Å². The Labute approximate surface area is 203 Å². The van der Waals surface area contributed by atoms with Crippen molar-refractivity contribution in [3.8, 4) is 5.19 Å². The molecule has 1 aromatic heterocycles. The van der Waals surface area contributed by atoms with E-state index < -0.39 is 10.0 Å². The van der Waals surface area contributed by atoms with E-state index in [1.165, 1.54) is 27.8 Å². The van der Waals surface area contributed by atoms with Gasteiger partial charge in [-0.15, -0.1) is 0 Å². The van der Waals surface area contributed by atoms with Gasteiger partial charge in [0.15, 0.2) is 0 Å². The van der Waals surface area contributed by atoms with Crippen LogP contribution in [-0.2, 0) is 10.0 Å². The van der Waals surface area contributed by atoms with Crippen LogP contribution in [0.4, 0.5) is 0 Å². The lowest BCUT2D eigenvalue weighted by Crippen LogP contribution is -2.41. The van der Waals surface area contributed by atoms with E-state index in [-0.39, 0.29) is 22.9 Å². The highest BCUT2D eigenvalue weighted by Crippen LogP contribution is 2.33. The zero-order valence-corrected chi connectivity index (χ0v) is 21.1. The van der Waals surface area contributed by atoms with Crippen molar-refractivity contribution < 1.29 is 17.9 Å². The zero-order chi connectivity index (χ0) is 23.8. The summed E-state index contributed by atoms with van der Waals surface area (Å²) in [6, 6.07) is 11.7. The maximum atomic E-state index is 12.9. The van der Waals surface area contributed by atoms with Crippen LogP contribution >= 0.6 is 22.9 Å². The lowest BCUT2D eigenvalue weighted by Gasteiger charge is -2.31. The van der Waals surface area contributed by atoms with Crippen molar-refractivity contribution in [1.82, 2.24) is 14.2 Å². The van der Waals surface area contributed by atoms with Gasteiger partial charge < -0.3 is 9.64 Å². The molecule has 4 rings (SSSR count). The lowest BCUT2D eigenvalue weighted by molar-refractivity contribution is 0.0595. The van der Waals surface area contributed by atoms with Crippen LogP contribution in [-0.4, -0.2) is 60.8 Å². The molecule has 0 saturated carbocycles. The number of halogens is 1. The first kappa shape index (κ1) is 23.9. The molecule has 2 heterocycles. The second-order valence-corrected chi connectivity index (χ2v) is 11.7. The van der Waals surface area contributed by atoms with Crippen molar-refractivity contribution in [2.75, 3.05) is 20.1 Å². The zero-order valence-electron chi connectivity index (χ0n) is 18.7. The number of aromatic nitrogens is 1. The van der Waals surface area contributed by atoms with Gasteiger partial charge in [0.05, 0.1) is 14.6 Å². The molecule has 1 amide bonds. The summed E-state index contributed by atoms with van der Waals surface area (Å²) in [7, 11) is -2.03. The summed E-state index contributed by atoms with van der Waals surface area (Å²) >= 11 is 7.66. The number of sulfonamides is 1. The molecule has 176 valence electrons. The molecule has 1 aliphatic heterocycles. The van der Waals surface area contributed by atoms with Crippen molar-refractivity contribution >= 4 is 49.1 Å². The number of rotatable bonds is 6. The molecule has 0 spiro atoms. The van der Waals surface area contributed by atoms with Crippen LogP contribution in [0.2, 0.25) is 5.02 Å². The standard InChI is InChI=1S/C23H26ClN3O4S2/c1-15(2)26(3)33(29,30)18-9-7-16(8-10-18)22(28)27-13-11-17(12-14-27)31-23-25-21-19(24)5-4-6-20(21)32-23/h4-10,15,17H,11-14H2,1-3H3. The number of ether oxygens (including phenoxy) is 1. The summed E-state index contributed by atoms with van der Waals surface area (Å²) in [6.45, 7) is 4.75. The number of hydrogen-bond acceptors (Lipinski definition) is 6. The van der Waals surface area contributed by atoms with Crippen LogP contribution in [0.5, 0.6) is 5.19 Å². The van der Waals surface area contributed by atoms with E-state index in [4.69, 9.17) is 16.3 Å². The SMILES string of the molecule is CC(C)N(C)S(=O)(=O)c1ccc(C(=O)N2CCC(Oc3nc4c(Cl)cccc4s3)CC2)cc1. The fraction of sp³-hybridized carbons (Fsp3) is 0.391. The number of fused-ring (bicyclic) bond motifs is 1. The summed E-state index contributed by atoms with van der Waals surface area (Å²) in [6.07, 6.45) is 1.37. The number of para-hydroxylation sites is 1. The first-order valence-corrected chi connectivity index (χ1v) is 13.4. The molecule has 1 saturated heterocycles. The van der Waals surface area contributed by atoms with Gasteiger partial charge in [0.25, 0.3) is 11.1 Å². The molecule has 0 radical (unpaired) electrons. The van der Waals surface area contributed by atoms with E-state index >= 15 is 0 Å². The summed E-state index contributed by atoms with van der Waals surface area (Å²) in [5, 5.41) is 1.19. The third-order valence-electron chi connectivity index (χ3n) is 5.85. The molecule has 0 N–H and O–H groups in total. The molecule has 1 aliphatic rings. The number of carbonyl (C=O) groups excluding carboxylic acids is 1. The summed E-state index contributed by atoms with van der Waals surface area (Å²) in [4.78, 5) is 19.4. The lowest BCUT2D eigenvalue weighted by atomic mass is 10.1. The van der Waals surface area contributed by atoms with Crippen LogP contribution in [0.3, 0.4) is 0 Å². The monoisotopic (exact) mass is 507 g/mol. The highest BCUT2D eigenvalue weighted by atomic mass is 35.5. The Bertz CT molecular complexity index is 1250. The molecule has 0 unspecified atom stereocenters. The number of likely N-dealkylation sites (tertiary alicyclic amines) is 1. The molecule has 0 atom stereocenters. The summed E-state index contributed by atoms with van der Waals surface area (Å²) in [5.74, 6) is -0.110. The summed E-state index contributed by atoms with van der Waals surface area (Å²) in [5.41, 5.74) is 1.22. The van der Waals surface area contributed by atoms with Crippen LogP contribution < -0.4 is 4.74 Å². The van der Waals surface area contributed by atoms with Gasteiger partial charge >= 0.3 is 0 Å². The predicted molar refractivity (Wildman–Crippen MR) is 131 cm³/mol. The number of benzene rings is 2. The number of thiazole rings is 1. The van der Waals surface area contributed by atoms with E-state index in [1.54, 1.807) is 24.1 Å². The second-order valence-electron chi connectivity index (χ2n) is 8.32. The normalized spacial score (nSPS) is 15.5. The number of piperidine rings is 1. The van der Waals surface area contributed by atoms with Crippen molar-refractivity contribution in [1.29, 1.82) is 0 Å². The Morgan fingerprint density at radius 1 is 1.18 bits per heavy atom. The van der Waals surface area contributed by atoms with Gasteiger partial charge in [0.2, 0.25) is 10.0 Å². The maximum absolute atomic E-state index is 12.9. The first-order chi connectivity index (χ1) is 15.7. The van der Waals surface area contributed by atoms with Gasteiger partial charge in [-0.1, -0.05) is 29.0 Å². The molecular weight excluding hydrogens is 482 g/mol. The van der Waals surface area contributed by atoms with Gasteiger partial charge in [-0.2, -0.15) is 4.31 Å². The predicted octanol–water partition coefficient (Wildman–Crippen LogP) is 4.66. The number of amides is 1. The fourth-order valence-corrected chi connectivity index (χ4v) is 6.21. The van der Waals surface area contributed by atoms with Gasteiger partial charge in [0.1, 0.15) is 11.6 Å². The molecule has 0 aliphatic carbocycles. The molecule has 10 heteroatoms. The molecule has 7 nitrogen and oxygen atoms in total. The van der Waals surface area contributed by atoms with Crippen LogP contribution in [0.1, 0.15) is 37.0 Å². The van der Waals surface area contributed by atoms with E-state index in [0.29, 0.717) is 41.7 Å². The highest BCUT2D eigenvalue weighted by Gasteiger charge is 2.27. The minimum Gasteiger partial charge on any atom is -0.467 e. The number of carbonyl (C=O) groups is 1. The molecule has 33 heavy (non-hydrogen) atoms. The number of hydrogen-bond donors (Lipinski definition) is 0. The molecule has 1 fully saturated rings. The smallest absolute Gasteiger partial charge is 0.274 e. The average Bonchev–Trinajstić information content (AvgIpc) is 3.22. The summed E-state index contributed by atoms with van der Waals surface area (Å²) < 4.78 is 33.6. The highest BCUT2D eigenvalue weighted by molar-refractivity contribution is 7.89. The van der Waals surface area contributed by atoms with Crippen molar-refractivity contribution in [3.63, 3.8) is 0 Å². The van der Waals surface area contributed by atoms with Gasteiger partial charge in [-0.05, 0) is 50.2 Å². The first-order valence-electron chi connectivity index (χ1n) is 10.8. The van der Waals surface area contributed by atoms with Crippen LogP contribution in [0.15, 0.2) is 47.4 Å². The molecule has 2 aromatic carbocycles. The van der Waals surface area contributed by atoms with Crippen molar-refractivity contribution in [2.45, 2.75) is 43.7 Å².